The Morgan fingerprint density at radius 3 is 2.68 bits per heavy atom. The van der Waals surface area contributed by atoms with Gasteiger partial charge in [0.2, 0.25) is 0 Å². The Bertz CT molecular complexity index is 942. The molecule has 28 heavy (non-hydrogen) atoms. The van der Waals surface area contributed by atoms with E-state index in [-0.39, 0.29) is 17.9 Å². The van der Waals surface area contributed by atoms with Crippen molar-refractivity contribution >= 4 is 17.3 Å². The van der Waals surface area contributed by atoms with Crippen LogP contribution in [0.4, 0.5) is 4.39 Å². The molecular formula is C22H22FN3OS. The summed E-state index contributed by atoms with van der Waals surface area (Å²) in [5.41, 5.74) is 1.77. The molecule has 2 aromatic heterocycles. The Morgan fingerprint density at radius 1 is 1.14 bits per heavy atom. The summed E-state index contributed by atoms with van der Waals surface area (Å²) in [6.07, 6.45) is 3.91. The van der Waals surface area contributed by atoms with E-state index in [4.69, 9.17) is 16.6 Å². The molecule has 4 rings (SSSR count). The van der Waals surface area contributed by atoms with Gasteiger partial charge in [0.1, 0.15) is 23.4 Å². The van der Waals surface area contributed by atoms with E-state index in [9.17, 15) is 4.39 Å². The molecule has 3 heterocycles. The first-order valence-electron chi connectivity index (χ1n) is 9.51. The monoisotopic (exact) mass is 395 g/mol. The highest BCUT2D eigenvalue weighted by atomic mass is 32.1. The van der Waals surface area contributed by atoms with Gasteiger partial charge in [-0.25, -0.2) is 4.39 Å². The molecule has 1 aromatic carbocycles. The van der Waals surface area contributed by atoms with Crippen molar-refractivity contribution in [2.45, 2.75) is 31.8 Å². The summed E-state index contributed by atoms with van der Waals surface area (Å²) in [4.78, 5) is 6.71. The summed E-state index contributed by atoms with van der Waals surface area (Å²) in [5.74, 6) is 1.27. The first-order valence-corrected chi connectivity index (χ1v) is 9.92. The van der Waals surface area contributed by atoms with Crippen LogP contribution in [0, 0.1) is 5.82 Å². The second kappa shape index (κ2) is 8.10. The van der Waals surface area contributed by atoms with Gasteiger partial charge in [-0.1, -0.05) is 19.4 Å². The van der Waals surface area contributed by atoms with E-state index in [0.717, 1.165) is 36.4 Å². The van der Waals surface area contributed by atoms with Crippen LogP contribution in [-0.4, -0.2) is 21.5 Å². The Labute approximate surface area is 169 Å². The summed E-state index contributed by atoms with van der Waals surface area (Å²) in [6.45, 7) is 3.01. The Balaban J connectivity index is 1.70. The topological polar surface area (TPSA) is 41.3 Å². The number of hydrogen-bond acceptors (Lipinski definition) is 3. The fourth-order valence-electron chi connectivity index (χ4n) is 3.56. The van der Waals surface area contributed by atoms with Crippen LogP contribution >= 0.6 is 12.2 Å². The van der Waals surface area contributed by atoms with Crippen LogP contribution in [0.15, 0.2) is 65.2 Å². The lowest BCUT2D eigenvalue weighted by molar-refractivity contribution is 0.271. The fourth-order valence-corrected chi connectivity index (χ4v) is 3.90. The highest BCUT2D eigenvalue weighted by Crippen LogP contribution is 2.40. The predicted molar refractivity (Wildman–Crippen MR) is 111 cm³/mol. The lowest BCUT2D eigenvalue weighted by atomic mass is 10.0. The van der Waals surface area contributed by atoms with Gasteiger partial charge in [0.25, 0.3) is 0 Å². The second-order valence-corrected chi connectivity index (χ2v) is 7.27. The first kappa shape index (κ1) is 18.6. The zero-order valence-corrected chi connectivity index (χ0v) is 16.5. The summed E-state index contributed by atoms with van der Waals surface area (Å²) in [6, 6.07) is 15.9. The SMILES string of the molecule is CCCCN1C(=S)N[C@H](c2ccccn2)[C@@H]1c1ccc(-c2ccc(F)cc2)o1. The van der Waals surface area contributed by atoms with Crippen LogP contribution in [0.2, 0.25) is 0 Å². The van der Waals surface area contributed by atoms with Crippen molar-refractivity contribution in [3.63, 3.8) is 0 Å². The average Bonchev–Trinajstić information content (AvgIpc) is 3.32. The maximum atomic E-state index is 13.2. The molecule has 1 aliphatic rings. The summed E-state index contributed by atoms with van der Waals surface area (Å²) in [7, 11) is 0. The molecule has 1 fully saturated rings. The number of pyridine rings is 1. The summed E-state index contributed by atoms with van der Waals surface area (Å²) < 4.78 is 19.5. The number of thiocarbonyl (C=S) groups is 1. The molecule has 0 bridgehead atoms. The molecule has 0 radical (unpaired) electrons. The van der Waals surface area contributed by atoms with Gasteiger partial charge in [-0.2, -0.15) is 0 Å². The second-order valence-electron chi connectivity index (χ2n) is 6.88. The zero-order chi connectivity index (χ0) is 19.5. The first-order chi connectivity index (χ1) is 13.7. The molecule has 0 unspecified atom stereocenters. The minimum absolute atomic E-state index is 0.0804. The molecule has 0 spiro atoms. The van der Waals surface area contributed by atoms with Gasteiger partial charge in [0.15, 0.2) is 5.11 Å². The smallest absolute Gasteiger partial charge is 0.170 e. The van der Waals surface area contributed by atoms with Crippen LogP contribution < -0.4 is 5.32 Å². The van der Waals surface area contributed by atoms with E-state index in [0.29, 0.717) is 10.9 Å². The molecule has 4 nitrogen and oxygen atoms in total. The highest BCUT2D eigenvalue weighted by molar-refractivity contribution is 7.80. The molecule has 6 heteroatoms. The lowest BCUT2D eigenvalue weighted by Gasteiger charge is -2.25. The number of halogens is 1. The average molecular weight is 396 g/mol. The number of furan rings is 1. The minimum atomic E-state index is -0.262. The van der Waals surface area contributed by atoms with E-state index < -0.39 is 0 Å². The van der Waals surface area contributed by atoms with Crippen molar-refractivity contribution in [1.82, 2.24) is 15.2 Å². The number of unbranched alkanes of at least 4 members (excludes halogenated alkanes) is 1. The maximum absolute atomic E-state index is 13.2. The zero-order valence-electron chi connectivity index (χ0n) is 15.6. The van der Waals surface area contributed by atoms with E-state index in [1.54, 1.807) is 18.3 Å². The molecule has 1 N–H and O–H groups in total. The molecule has 0 saturated carbocycles. The highest BCUT2D eigenvalue weighted by Gasteiger charge is 2.41. The van der Waals surface area contributed by atoms with Crippen molar-refractivity contribution in [3.05, 3.63) is 78.1 Å². The third-order valence-corrected chi connectivity index (χ3v) is 5.35. The van der Waals surface area contributed by atoms with Crippen LogP contribution in [0.5, 0.6) is 0 Å². The largest absolute Gasteiger partial charge is 0.459 e. The van der Waals surface area contributed by atoms with Gasteiger partial charge < -0.3 is 14.6 Å². The normalized spacial score (nSPS) is 19.1. The van der Waals surface area contributed by atoms with Gasteiger partial charge in [-0.05, 0) is 67.2 Å². The van der Waals surface area contributed by atoms with Crippen molar-refractivity contribution in [3.8, 4) is 11.3 Å². The van der Waals surface area contributed by atoms with E-state index >= 15 is 0 Å². The molecular weight excluding hydrogens is 373 g/mol. The minimum Gasteiger partial charge on any atom is -0.459 e. The van der Waals surface area contributed by atoms with Gasteiger partial charge in [0.05, 0.1) is 11.7 Å². The number of rotatable bonds is 6. The van der Waals surface area contributed by atoms with Crippen LogP contribution in [-0.2, 0) is 0 Å². The molecule has 0 aliphatic carbocycles. The molecule has 2 atom stereocenters. The van der Waals surface area contributed by atoms with Crippen molar-refractivity contribution in [2.24, 2.45) is 0 Å². The molecule has 1 aliphatic heterocycles. The third-order valence-electron chi connectivity index (χ3n) is 5.00. The van der Waals surface area contributed by atoms with Gasteiger partial charge >= 0.3 is 0 Å². The molecule has 144 valence electrons. The standard InChI is InChI=1S/C22H22FN3OS/c1-2-3-14-26-21(20(25-22(26)28)17-6-4-5-13-24-17)19-12-11-18(27-19)15-7-9-16(23)10-8-15/h4-13,20-21H,2-3,14H2,1H3,(H,25,28)/t20-,21+/m1/s1. The molecule has 0 amide bonds. The van der Waals surface area contributed by atoms with E-state index in [2.05, 4.69) is 22.1 Å². The Hall–Kier alpha value is -2.73. The number of aromatic nitrogens is 1. The van der Waals surface area contributed by atoms with Gasteiger partial charge in [-0.3, -0.25) is 4.98 Å². The van der Waals surface area contributed by atoms with Crippen LogP contribution in [0.3, 0.4) is 0 Å². The van der Waals surface area contributed by atoms with Crippen LogP contribution in [0.25, 0.3) is 11.3 Å². The van der Waals surface area contributed by atoms with Crippen molar-refractivity contribution in [2.75, 3.05) is 6.54 Å². The molecule has 1 saturated heterocycles. The number of benzene rings is 1. The van der Waals surface area contributed by atoms with Gasteiger partial charge in [0, 0.05) is 18.3 Å². The predicted octanol–water partition coefficient (Wildman–Crippen LogP) is 5.25. The molecule has 3 aromatic rings. The summed E-state index contributed by atoms with van der Waals surface area (Å²) in [5, 5.41) is 4.14. The third kappa shape index (κ3) is 3.64. The fraction of sp³-hybridized carbons (Fsp3) is 0.273. The Morgan fingerprint density at radius 2 is 1.96 bits per heavy atom. The quantitative estimate of drug-likeness (QED) is 0.577. The number of nitrogens with zero attached hydrogens (tertiary/aromatic N) is 2. The lowest BCUT2D eigenvalue weighted by Crippen LogP contribution is -2.30. The van der Waals surface area contributed by atoms with Gasteiger partial charge in [-0.15, -0.1) is 0 Å². The number of hydrogen-bond donors (Lipinski definition) is 1. The Kier molecular flexibility index (Phi) is 5.39. The van der Waals surface area contributed by atoms with E-state index in [1.165, 1.54) is 12.1 Å². The maximum Gasteiger partial charge on any atom is 0.170 e. The van der Waals surface area contributed by atoms with Crippen LogP contribution in [0.1, 0.15) is 43.3 Å². The van der Waals surface area contributed by atoms with E-state index in [1.807, 2.05) is 30.3 Å². The number of nitrogens with one attached hydrogen (secondary N) is 1. The van der Waals surface area contributed by atoms with Crippen molar-refractivity contribution < 1.29 is 8.81 Å². The summed E-state index contributed by atoms with van der Waals surface area (Å²) >= 11 is 5.63. The van der Waals surface area contributed by atoms with Crippen molar-refractivity contribution in [1.29, 1.82) is 0 Å².